The smallest absolute Gasteiger partial charge is 0.263 e. The van der Waals surface area contributed by atoms with E-state index in [0.717, 1.165) is 6.42 Å². The van der Waals surface area contributed by atoms with Gasteiger partial charge in [0.1, 0.15) is 5.82 Å². The lowest BCUT2D eigenvalue weighted by molar-refractivity contribution is 0.297. The summed E-state index contributed by atoms with van der Waals surface area (Å²) in [7, 11) is -3.69. The van der Waals surface area contributed by atoms with Crippen LogP contribution in [0.25, 0.3) is 0 Å². The highest BCUT2D eigenvalue weighted by molar-refractivity contribution is 7.92. The first-order valence-electron chi connectivity index (χ1n) is 6.07. The molecule has 1 aromatic carbocycles. The van der Waals surface area contributed by atoms with Crippen LogP contribution in [-0.4, -0.2) is 31.8 Å². The molecule has 2 aromatic rings. The number of rotatable bonds is 3. The van der Waals surface area contributed by atoms with E-state index in [9.17, 15) is 8.42 Å². The van der Waals surface area contributed by atoms with E-state index in [-0.39, 0.29) is 4.90 Å². The maximum Gasteiger partial charge on any atom is 0.263 e. The van der Waals surface area contributed by atoms with Gasteiger partial charge in [-0.25, -0.2) is 8.42 Å². The van der Waals surface area contributed by atoms with Crippen LogP contribution >= 0.6 is 0 Å². The molecule has 7 nitrogen and oxygen atoms in total. The molecule has 0 aliphatic carbocycles. The van der Waals surface area contributed by atoms with Crippen LogP contribution in [0, 0.1) is 0 Å². The number of nitrogens with one attached hydrogen (secondary N) is 2. The molecule has 0 unspecified atom stereocenters. The number of benzene rings is 1. The highest BCUT2D eigenvalue weighted by atomic mass is 32.2. The molecule has 0 radical (unpaired) electrons. The Bertz CT molecular complexity index is 697. The fourth-order valence-electron chi connectivity index (χ4n) is 1.83. The zero-order valence-electron chi connectivity index (χ0n) is 10.5. The molecule has 1 aromatic heterocycles. The minimum Gasteiger partial charge on any atom is -0.490 e. The topological polar surface area (TPSA) is 93.3 Å². The van der Waals surface area contributed by atoms with E-state index in [4.69, 9.17) is 9.47 Å². The minimum atomic E-state index is -3.69. The van der Waals surface area contributed by atoms with Gasteiger partial charge in [0.05, 0.1) is 24.3 Å². The van der Waals surface area contributed by atoms with Crippen LogP contribution in [0.1, 0.15) is 6.42 Å². The molecule has 0 saturated carbocycles. The zero-order chi connectivity index (χ0) is 14.0. The standard InChI is InChI=1S/C12H13N3O4S/c16-20(17,15-12-4-5-13-14-12)9-2-3-10-11(8-9)19-7-1-6-18-10/h2-5,8H,1,6-7H2,(H2,13,14,15). The third-order valence-electron chi connectivity index (χ3n) is 2.77. The largest absolute Gasteiger partial charge is 0.490 e. The van der Waals surface area contributed by atoms with Gasteiger partial charge in [-0.2, -0.15) is 5.10 Å². The Labute approximate surface area is 116 Å². The van der Waals surface area contributed by atoms with Crippen molar-refractivity contribution in [3.63, 3.8) is 0 Å². The van der Waals surface area contributed by atoms with Crippen molar-refractivity contribution in [2.24, 2.45) is 0 Å². The molecule has 2 heterocycles. The number of aromatic amines is 1. The number of ether oxygens (including phenoxy) is 2. The van der Waals surface area contributed by atoms with Gasteiger partial charge in [0.15, 0.2) is 11.5 Å². The molecule has 3 rings (SSSR count). The Hall–Kier alpha value is -2.22. The van der Waals surface area contributed by atoms with Crippen LogP contribution in [0.5, 0.6) is 11.5 Å². The van der Waals surface area contributed by atoms with Gasteiger partial charge >= 0.3 is 0 Å². The first kappa shape index (κ1) is 12.8. The fourth-order valence-corrected chi connectivity index (χ4v) is 2.86. The summed E-state index contributed by atoms with van der Waals surface area (Å²) in [5.74, 6) is 1.30. The van der Waals surface area contributed by atoms with Gasteiger partial charge in [-0.15, -0.1) is 0 Å². The third-order valence-corrected chi connectivity index (χ3v) is 4.14. The number of hydrogen-bond donors (Lipinski definition) is 2. The van der Waals surface area contributed by atoms with Gasteiger partial charge in [-0.1, -0.05) is 0 Å². The quantitative estimate of drug-likeness (QED) is 0.892. The summed E-state index contributed by atoms with van der Waals surface area (Å²) in [6.45, 7) is 1.07. The average Bonchev–Trinajstić information content (AvgIpc) is 2.80. The summed E-state index contributed by atoms with van der Waals surface area (Å²) in [6, 6.07) is 6.06. The number of fused-ring (bicyclic) bond motifs is 1. The number of nitrogens with zero attached hydrogens (tertiary/aromatic N) is 1. The first-order valence-corrected chi connectivity index (χ1v) is 7.55. The number of anilines is 1. The summed E-state index contributed by atoms with van der Waals surface area (Å²) >= 11 is 0. The second kappa shape index (κ2) is 5.04. The van der Waals surface area contributed by atoms with Gasteiger partial charge in [0, 0.05) is 18.6 Å². The molecule has 0 bridgehead atoms. The highest BCUT2D eigenvalue weighted by Gasteiger charge is 2.19. The van der Waals surface area contributed by atoms with E-state index < -0.39 is 10.0 Å². The van der Waals surface area contributed by atoms with E-state index in [1.54, 1.807) is 6.07 Å². The van der Waals surface area contributed by atoms with Crippen molar-refractivity contribution in [2.75, 3.05) is 17.9 Å². The molecule has 106 valence electrons. The van der Waals surface area contributed by atoms with Crippen molar-refractivity contribution in [3.8, 4) is 11.5 Å². The normalized spacial score (nSPS) is 14.6. The molecule has 0 fully saturated rings. The monoisotopic (exact) mass is 295 g/mol. The molecule has 8 heteroatoms. The van der Waals surface area contributed by atoms with Crippen LogP contribution in [0.3, 0.4) is 0 Å². The molecule has 20 heavy (non-hydrogen) atoms. The highest BCUT2D eigenvalue weighted by Crippen LogP contribution is 2.32. The summed E-state index contributed by atoms with van der Waals surface area (Å²) in [6.07, 6.45) is 2.23. The van der Waals surface area contributed by atoms with Crippen LogP contribution < -0.4 is 14.2 Å². The van der Waals surface area contributed by atoms with Gasteiger partial charge in [-0.3, -0.25) is 9.82 Å². The van der Waals surface area contributed by atoms with Crippen molar-refractivity contribution in [1.29, 1.82) is 0 Å². The lowest BCUT2D eigenvalue weighted by atomic mass is 10.3. The summed E-state index contributed by atoms with van der Waals surface area (Å²) in [5, 5.41) is 6.23. The van der Waals surface area contributed by atoms with E-state index in [2.05, 4.69) is 14.9 Å². The molecule has 0 atom stereocenters. The Kier molecular flexibility index (Phi) is 3.23. The summed E-state index contributed by atoms with van der Waals surface area (Å²) in [5.41, 5.74) is 0. The molecule has 0 spiro atoms. The van der Waals surface area contributed by atoms with E-state index in [0.29, 0.717) is 30.5 Å². The molecule has 0 saturated heterocycles. The Morgan fingerprint density at radius 1 is 1.15 bits per heavy atom. The average molecular weight is 295 g/mol. The number of aromatic nitrogens is 2. The number of H-pyrrole nitrogens is 1. The van der Waals surface area contributed by atoms with Crippen molar-refractivity contribution < 1.29 is 17.9 Å². The molecule has 1 aliphatic heterocycles. The van der Waals surface area contributed by atoms with E-state index in [1.165, 1.54) is 24.4 Å². The fraction of sp³-hybridized carbons (Fsp3) is 0.250. The number of sulfonamides is 1. The van der Waals surface area contributed by atoms with E-state index in [1.807, 2.05) is 0 Å². The van der Waals surface area contributed by atoms with Crippen molar-refractivity contribution in [2.45, 2.75) is 11.3 Å². The predicted molar refractivity (Wildman–Crippen MR) is 71.4 cm³/mol. The van der Waals surface area contributed by atoms with Crippen molar-refractivity contribution in [1.82, 2.24) is 10.2 Å². The van der Waals surface area contributed by atoms with Gasteiger partial charge in [0.25, 0.3) is 10.0 Å². The molecule has 2 N–H and O–H groups in total. The SMILES string of the molecule is O=S(=O)(Nc1ccn[nH]1)c1ccc2c(c1)OCCCO2. The lowest BCUT2D eigenvalue weighted by Crippen LogP contribution is -2.13. The maximum atomic E-state index is 12.2. The molecular weight excluding hydrogens is 282 g/mol. The minimum absolute atomic E-state index is 0.108. The van der Waals surface area contributed by atoms with Crippen LogP contribution in [0.4, 0.5) is 5.82 Å². The van der Waals surface area contributed by atoms with Gasteiger partial charge in [0.2, 0.25) is 0 Å². The second-order valence-corrected chi connectivity index (χ2v) is 5.92. The predicted octanol–water partition coefficient (Wildman–Crippen LogP) is 1.37. The molecule has 0 amide bonds. The zero-order valence-corrected chi connectivity index (χ0v) is 11.3. The van der Waals surface area contributed by atoms with Gasteiger partial charge < -0.3 is 9.47 Å². The lowest BCUT2D eigenvalue weighted by Gasteiger charge is -2.10. The Balaban J connectivity index is 1.92. The Morgan fingerprint density at radius 2 is 1.95 bits per heavy atom. The first-order chi connectivity index (χ1) is 9.65. The van der Waals surface area contributed by atoms with Crippen LogP contribution in [-0.2, 0) is 10.0 Å². The van der Waals surface area contributed by atoms with Crippen molar-refractivity contribution >= 4 is 15.8 Å². The molecule has 1 aliphatic rings. The van der Waals surface area contributed by atoms with Crippen molar-refractivity contribution in [3.05, 3.63) is 30.5 Å². The third kappa shape index (κ3) is 2.55. The van der Waals surface area contributed by atoms with E-state index >= 15 is 0 Å². The second-order valence-electron chi connectivity index (χ2n) is 4.23. The Morgan fingerprint density at radius 3 is 2.70 bits per heavy atom. The van der Waals surface area contributed by atoms with Crippen LogP contribution in [0.15, 0.2) is 35.4 Å². The summed E-state index contributed by atoms with van der Waals surface area (Å²) in [4.78, 5) is 0.108. The molecular formula is C12H13N3O4S. The number of hydrogen-bond acceptors (Lipinski definition) is 5. The van der Waals surface area contributed by atoms with Crippen LogP contribution in [0.2, 0.25) is 0 Å². The summed E-state index contributed by atoms with van der Waals surface area (Å²) < 4.78 is 37.8. The van der Waals surface area contributed by atoms with Gasteiger partial charge in [-0.05, 0) is 12.1 Å². The maximum absolute atomic E-state index is 12.2.